The molecule has 0 radical (unpaired) electrons. The second kappa shape index (κ2) is 8.50. The number of hydrogen-bond donors (Lipinski definition) is 2. The van der Waals surface area contributed by atoms with Crippen LogP contribution in [0.2, 0.25) is 0 Å². The molecule has 2 N–H and O–H groups in total. The summed E-state index contributed by atoms with van der Waals surface area (Å²) in [6.07, 6.45) is 0. The fourth-order valence-corrected chi connectivity index (χ4v) is 3.86. The number of para-hydroxylation sites is 1. The van der Waals surface area contributed by atoms with E-state index in [1.54, 1.807) is 31.2 Å². The topological polar surface area (TPSA) is 102 Å². The molecule has 30 heavy (non-hydrogen) atoms. The van der Waals surface area contributed by atoms with Crippen LogP contribution in [-0.2, 0) is 11.3 Å². The number of rotatable bonds is 5. The van der Waals surface area contributed by atoms with Crippen LogP contribution < -0.4 is 10.9 Å². The Morgan fingerprint density at radius 1 is 1.03 bits per heavy atom. The third-order valence-electron chi connectivity index (χ3n) is 4.66. The summed E-state index contributed by atoms with van der Waals surface area (Å²) >= 11 is 1.18. The first kappa shape index (κ1) is 19.8. The van der Waals surface area contributed by atoms with Crippen LogP contribution in [-0.4, -0.2) is 36.8 Å². The van der Waals surface area contributed by atoms with Gasteiger partial charge in [0.05, 0.1) is 10.8 Å². The average molecular weight is 420 g/mol. The molecule has 2 aromatic heterocycles. The standard InChI is InChI=1S/C21H20N6O2S/c1-3-27-16-12-8-7-11-15(16)17-18(27)22-21(26-23-17)30-13(2)19(28)24-25-20(29)14-9-5-4-6-10-14/h4-13H,3H2,1-2H3,(H,24,28)(H,25,29). The molecule has 0 saturated carbocycles. The Hall–Kier alpha value is -3.46. The lowest BCUT2D eigenvalue weighted by molar-refractivity contribution is -0.121. The lowest BCUT2D eigenvalue weighted by atomic mass is 10.2. The molecule has 0 spiro atoms. The monoisotopic (exact) mass is 420 g/mol. The highest BCUT2D eigenvalue weighted by molar-refractivity contribution is 8.00. The van der Waals surface area contributed by atoms with Crippen molar-refractivity contribution >= 4 is 45.6 Å². The molecule has 0 aliphatic carbocycles. The predicted octanol–water partition coefficient (Wildman–Crippen LogP) is 2.94. The molecule has 4 rings (SSSR count). The van der Waals surface area contributed by atoms with E-state index in [1.165, 1.54) is 11.8 Å². The van der Waals surface area contributed by atoms with Gasteiger partial charge in [-0.25, -0.2) is 4.98 Å². The van der Waals surface area contributed by atoms with E-state index in [4.69, 9.17) is 0 Å². The molecule has 0 aliphatic rings. The second-order valence-electron chi connectivity index (χ2n) is 6.60. The van der Waals surface area contributed by atoms with Crippen LogP contribution in [0.3, 0.4) is 0 Å². The Balaban J connectivity index is 1.47. The fourth-order valence-electron chi connectivity index (χ4n) is 3.15. The van der Waals surface area contributed by atoms with Gasteiger partial charge in [-0.2, -0.15) is 0 Å². The minimum absolute atomic E-state index is 0.357. The zero-order valence-electron chi connectivity index (χ0n) is 16.5. The van der Waals surface area contributed by atoms with Gasteiger partial charge in [-0.05, 0) is 32.0 Å². The lowest BCUT2D eigenvalue weighted by Crippen LogP contribution is -2.44. The smallest absolute Gasteiger partial charge is 0.269 e. The highest BCUT2D eigenvalue weighted by Crippen LogP contribution is 2.27. The number of hydrazine groups is 1. The summed E-state index contributed by atoms with van der Waals surface area (Å²) in [6.45, 7) is 4.51. The number of aromatic nitrogens is 4. The molecular weight excluding hydrogens is 400 g/mol. The highest BCUT2D eigenvalue weighted by Gasteiger charge is 2.19. The maximum atomic E-state index is 12.4. The van der Waals surface area contributed by atoms with Gasteiger partial charge in [0.15, 0.2) is 5.65 Å². The van der Waals surface area contributed by atoms with E-state index >= 15 is 0 Å². The fraction of sp³-hybridized carbons (Fsp3) is 0.190. The molecule has 2 amide bonds. The van der Waals surface area contributed by atoms with Gasteiger partial charge >= 0.3 is 0 Å². The van der Waals surface area contributed by atoms with Gasteiger partial charge in [0.2, 0.25) is 5.16 Å². The second-order valence-corrected chi connectivity index (χ2v) is 7.91. The number of hydrogen-bond acceptors (Lipinski definition) is 6. The van der Waals surface area contributed by atoms with Crippen molar-refractivity contribution in [2.24, 2.45) is 0 Å². The Morgan fingerprint density at radius 2 is 1.77 bits per heavy atom. The van der Waals surface area contributed by atoms with Gasteiger partial charge in [0.1, 0.15) is 5.52 Å². The third kappa shape index (κ3) is 3.84. The molecule has 0 aliphatic heterocycles. The minimum Gasteiger partial charge on any atom is -0.324 e. The van der Waals surface area contributed by atoms with Crippen LogP contribution >= 0.6 is 11.8 Å². The van der Waals surface area contributed by atoms with Gasteiger partial charge in [-0.1, -0.05) is 48.2 Å². The van der Waals surface area contributed by atoms with Crippen molar-refractivity contribution in [3.8, 4) is 0 Å². The summed E-state index contributed by atoms with van der Waals surface area (Å²) < 4.78 is 2.08. The molecule has 1 unspecified atom stereocenters. The summed E-state index contributed by atoms with van der Waals surface area (Å²) in [5.41, 5.74) is 7.85. The minimum atomic E-state index is -0.528. The largest absolute Gasteiger partial charge is 0.324 e. The Bertz CT molecular complexity index is 1220. The number of aryl methyl sites for hydroxylation is 1. The molecule has 2 aromatic carbocycles. The summed E-state index contributed by atoms with van der Waals surface area (Å²) in [5, 5.41) is 9.41. The average Bonchev–Trinajstić information content (AvgIpc) is 3.10. The molecule has 152 valence electrons. The zero-order chi connectivity index (χ0) is 21.1. The Morgan fingerprint density at radius 3 is 2.53 bits per heavy atom. The SMILES string of the molecule is CCn1c2ccccc2c2nnc(SC(C)C(=O)NNC(=O)c3ccccc3)nc21. The number of benzene rings is 2. The predicted molar refractivity (Wildman–Crippen MR) is 116 cm³/mol. The summed E-state index contributed by atoms with van der Waals surface area (Å²) in [7, 11) is 0. The number of carbonyl (C=O) groups excluding carboxylic acids is 2. The van der Waals surface area contributed by atoms with Crippen molar-refractivity contribution in [1.29, 1.82) is 0 Å². The van der Waals surface area contributed by atoms with E-state index in [0.717, 1.165) is 28.6 Å². The van der Waals surface area contributed by atoms with E-state index < -0.39 is 5.25 Å². The van der Waals surface area contributed by atoms with Crippen LogP contribution in [0.4, 0.5) is 0 Å². The summed E-state index contributed by atoms with van der Waals surface area (Å²) in [5.74, 6) is -0.739. The third-order valence-corrected chi connectivity index (χ3v) is 5.61. The van der Waals surface area contributed by atoms with Crippen molar-refractivity contribution in [1.82, 2.24) is 30.6 Å². The molecule has 8 nitrogen and oxygen atoms in total. The molecular formula is C21H20N6O2S. The van der Waals surface area contributed by atoms with Crippen LogP contribution in [0, 0.1) is 0 Å². The van der Waals surface area contributed by atoms with E-state index in [-0.39, 0.29) is 11.8 Å². The summed E-state index contributed by atoms with van der Waals surface area (Å²) in [6, 6.07) is 16.6. The van der Waals surface area contributed by atoms with Crippen LogP contribution in [0.25, 0.3) is 22.1 Å². The first-order valence-corrected chi connectivity index (χ1v) is 10.4. The van der Waals surface area contributed by atoms with Gasteiger partial charge < -0.3 is 4.57 Å². The Labute approximate surface area is 177 Å². The van der Waals surface area contributed by atoms with Crippen LogP contribution in [0.15, 0.2) is 59.8 Å². The van der Waals surface area contributed by atoms with Gasteiger partial charge in [-0.15, -0.1) is 10.2 Å². The number of fused-ring (bicyclic) bond motifs is 3. The van der Waals surface area contributed by atoms with Crippen LogP contribution in [0.5, 0.6) is 0 Å². The number of thioether (sulfide) groups is 1. The van der Waals surface area contributed by atoms with Crippen molar-refractivity contribution in [3.63, 3.8) is 0 Å². The van der Waals surface area contributed by atoms with E-state index in [1.807, 2.05) is 37.3 Å². The van der Waals surface area contributed by atoms with E-state index in [0.29, 0.717) is 10.7 Å². The molecule has 0 bridgehead atoms. The lowest BCUT2D eigenvalue weighted by Gasteiger charge is -2.12. The number of amides is 2. The Kier molecular flexibility index (Phi) is 5.62. The van der Waals surface area contributed by atoms with Crippen LogP contribution in [0.1, 0.15) is 24.2 Å². The maximum Gasteiger partial charge on any atom is 0.269 e. The van der Waals surface area contributed by atoms with Gasteiger partial charge in [0, 0.05) is 17.5 Å². The number of nitrogens with one attached hydrogen (secondary N) is 2. The molecule has 2 heterocycles. The molecule has 4 aromatic rings. The first-order valence-electron chi connectivity index (χ1n) is 9.52. The van der Waals surface area contributed by atoms with Gasteiger partial charge in [0.25, 0.3) is 11.8 Å². The normalized spacial score (nSPS) is 12.1. The molecule has 1 atom stereocenters. The summed E-state index contributed by atoms with van der Waals surface area (Å²) in [4.78, 5) is 29.1. The molecule has 0 fully saturated rings. The van der Waals surface area contributed by atoms with Crippen molar-refractivity contribution in [2.45, 2.75) is 30.8 Å². The number of nitrogens with zero attached hydrogens (tertiary/aromatic N) is 4. The number of carbonyl (C=O) groups is 2. The molecule has 0 saturated heterocycles. The molecule has 9 heteroatoms. The van der Waals surface area contributed by atoms with Gasteiger partial charge in [-0.3, -0.25) is 20.4 Å². The van der Waals surface area contributed by atoms with E-state index in [9.17, 15) is 9.59 Å². The quantitative estimate of drug-likeness (QED) is 0.380. The van der Waals surface area contributed by atoms with Crippen molar-refractivity contribution in [2.75, 3.05) is 0 Å². The van der Waals surface area contributed by atoms with Crippen molar-refractivity contribution < 1.29 is 9.59 Å². The van der Waals surface area contributed by atoms with E-state index in [2.05, 4.69) is 30.6 Å². The first-order chi connectivity index (χ1) is 14.6. The maximum absolute atomic E-state index is 12.4. The zero-order valence-corrected chi connectivity index (χ0v) is 17.3. The van der Waals surface area contributed by atoms with Crippen molar-refractivity contribution in [3.05, 3.63) is 60.2 Å². The highest BCUT2D eigenvalue weighted by atomic mass is 32.2.